The van der Waals surface area contributed by atoms with Crippen LogP contribution < -0.4 is 14.8 Å². The van der Waals surface area contributed by atoms with Crippen LogP contribution in [-0.4, -0.2) is 32.0 Å². The molecule has 0 aliphatic carbocycles. The molecule has 0 atom stereocenters. The van der Waals surface area contributed by atoms with E-state index in [2.05, 4.69) is 5.32 Å². The maximum atomic E-state index is 11.4. The molecule has 5 heteroatoms. The molecular weight excluding hydrogens is 258 g/mol. The average molecular weight is 281 g/mol. The van der Waals surface area contributed by atoms with Crippen molar-refractivity contribution in [1.29, 1.82) is 0 Å². The number of amides is 1. The fraction of sp³-hybridized carbons (Fsp3) is 0.533. The third-order valence-corrected chi connectivity index (χ3v) is 2.32. The maximum absolute atomic E-state index is 11.4. The second-order valence-electron chi connectivity index (χ2n) is 5.28. The van der Waals surface area contributed by atoms with Crippen LogP contribution in [0.25, 0.3) is 0 Å². The van der Waals surface area contributed by atoms with Crippen LogP contribution in [0.2, 0.25) is 0 Å². The predicted octanol–water partition coefficient (Wildman–Crippen LogP) is 2.99. The summed E-state index contributed by atoms with van der Waals surface area (Å²) in [5.41, 5.74) is -0.474. The average Bonchev–Trinajstić information content (AvgIpc) is 2.36. The quantitative estimate of drug-likeness (QED) is 0.814. The Morgan fingerprint density at radius 2 is 1.85 bits per heavy atom. The molecular formula is C15H23NO4. The molecule has 0 heterocycles. The first kappa shape index (κ1) is 16.1. The zero-order valence-corrected chi connectivity index (χ0v) is 12.6. The standard InChI is InChI=1S/C15H23NO4/c1-15(2,3)20-14(17)16-10-7-11-19-13-9-6-5-8-12(13)18-4/h5-6,8-9H,7,10-11H2,1-4H3,(H,16,17). The number of hydrogen-bond donors (Lipinski definition) is 1. The Kier molecular flexibility index (Phi) is 6.15. The van der Waals surface area contributed by atoms with E-state index in [0.29, 0.717) is 31.1 Å². The van der Waals surface area contributed by atoms with Gasteiger partial charge in [0.1, 0.15) is 5.60 Å². The molecule has 0 aliphatic heterocycles. The third kappa shape index (κ3) is 6.31. The van der Waals surface area contributed by atoms with E-state index in [-0.39, 0.29) is 0 Å². The highest BCUT2D eigenvalue weighted by Gasteiger charge is 2.15. The Balaban J connectivity index is 2.21. The minimum Gasteiger partial charge on any atom is -0.493 e. The van der Waals surface area contributed by atoms with Gasteiger partial charge in [0, 0.05) is 6.54 Å². The van der Waals surface area contributed by atoms with E-state index in [1.54, 1.807) is 7.11 Å². The number of para-hydroxylation sites is 2. The molecule has 1 N–H and O–H groups in total. The van der Waals surface area contributed by atoms with Crippen LogP contribution in [0.5, 0.6) is 11.5 Å². The summed E-state index contributed by atoms with van der Waals surface area (Å²) in [5, 5.41) is 2.68. The number of hydrogen-bond acceptors (Lipinski definition) is 4. The van der Waals surface area contributed by atoms with E-state index in [1.807, 2.05) is 45.0 Å². The second kappa shape index (κ2) is 7.62. The van der Waals surface area contributed by atoms with Gasteiger partial charge in [0.05, 0.1) is 13.7 Å². The minimum atomic E-state index is -0.474. The van der Waals surface area contributed by atoms with E-state index in [9.17, 15) is 4.79 Å². The number of nitrogens with one attached hydrogen (secondary N) is 1. The zero-order chi connectivity index (χ0) is 15.0. The molecule has 20 heavy (non-hydrogen) atoms. The molecule has 0 bridgehead atoms. The van der Waals surface area contributed by atoms with Gasteiger partial charge in [-0.2, -0.15) is 0 Å². The van der Waals surface area contributed by atoms with Crippen molar-refractivity contribution in [3.05, 3.63) is 24.3 Å². The van der Waals surface area contributed by atoms with Gasteiger partial charge in [-0.05, 0) is 39.3 Å². The van der Waals surface area contributed by atoms with Crippen molar-refractivity contribution in [3.8, 4) is 11.5 Å². The van der Waals surface area contributed by atoms with Gasteiger partial charge in [0.2, 0.25) is 0 Å². The molecule has 1 aromatic rings. The van der Waals surface area contributed by atoms with Crippen LogP contribution in [0.4, 0.5) is 4.79 Å². The Morgan fingerprint density at radius 1 is 1.20 bits per heavy atom. The second-order valence-corrected chi connectivity index (χ2v) is 5.28. The molecule has 1 aromatic carbocycles. The minimum absolute atomic E-state index is 0.408. The maximum Gasteiger partial charge on any atom is 0.407 e. The first-order chi connectivity index (χ1) is 9.42. The van der Waals surface area contributed by atoms with Crippen molar-refractivity contribution in [3.63, 3.8) is 0 Å². The summed E-state index contributed by atoms with van der Waals surface area (Å²) >= 11 is 0. The Morgan fingerprint density at radius 3 is 2.45 bits per heavy atom. The molecule has 1 rings (SSSR count). The van der Waals surface area contributed by atoms with Crippen molar-refractivity contribution < 1.29 is 19.0 Å². The van der Waals surface area contributed by atoms with Crippen LogP contribution in [0.15, 0.2) is 24.3 Å². The monoisotopic (exact) mass is 281 g/mol. The van der Waals surface area contributed by atoms with Crippen LogP contribution in [-0.2, 0) is 4.74 Å². The van der Waals surface area contributed by atoms with Crippen molar-refractivity contribution in [2.45, 2.75) is 32.8 Å². The molecule has 0 spiro atoms. The Hall–Kier alpha value is -1.91. The summed E-state index contributed by atoms with van der Waals surface area (Å²) < 4.78 is 15.9. The summed E-state index contributed by atoms with van der Waals surface area (Å²) in [6, 6.07) is 7.46. The number of alkyl carbamates (subject to hydrolysis) is 1. The molecule has 0 unspecified atom stereocenters. The third-order valence-electron chi connectivity index (χ3n) is 2.32. The fourth-order valence-corrected chi connectivity index (χ4v) is 1.50. The normalized spacial score (nSPS) is 10.8. The highest BCUT2D eigenvalue weighted by atomic mass is 16.6. The van der Waals surface area contributed by atoms with E-state index in [1.165, 1.54) is 0 Å². The Labute approximate surface area is 120 Å². The molecule has 5 nitrogen and oxygen atoms in total. The SMILES string of the molecule is COc1ccccc1OCCCNC(=O)OC(C)(C)C. The molecule has 0 aromatic heterocycles. The summed E-state index contributed by atoms with van der Waals surface area (Å²) in [7, 11) is 1.60. The topological polar surface area (TPSA) is 56.8 Å². The van der Waals surface area contributed by atoms with Gasteiger partial charge in [0.15, 0.2) is 11.5 Å². The van der Waals surface area contributed by atoms with Crippen molar-refractivity contribution in [1.82, 2.24) is 5.32 Å². The molecule has 0 saturated heterocycles. The largest absolute Gasteiger partial charge is 0.493 e. The van der Waals surface area contributed by atoms with Gasteiger partial charge in [0.25, 0.3) is 0 Å². The van der Waals surface area contributed by atoms with Gasteiger partial charge in [-0.3, -0.25) is 0 Å². The molecule has 112 valence electrons. The van der Waals surface area contributed by atoms with Gasteiger partial charge < -0.3 is 19.5 Å². The smallest absolute Gasteiger partial charge is 0.407 e. The summed E-state index contributed by atoms with van der Waals surface area (Å²) in [6.07, 6.45) is 0.284. The first-order valence-corrected chi connectivity index (χ1v) is 6.65. The molecule has 0 fully saturated rings. The van der Waals surface area contributed by atoms with Crippen molar-refractivity contribution >= 4 is 6.09 Å². The van der Waals surface area contributed by atoms with Crippen LogP contribution >= 0.6 is 0 Å². The number of carbonyl (C=O) groups is 1. The van der Waals surface area contributed by atoms with Gasteiger partial charge >= 0.3 is 6.09 Å². The predicted molar refractivity (Wildman–Crippen MR) is 77.3 cm³/mol. The summed E-state index contributed by atoms with van der Waals surface area (Å²) in [5.74, 6) is 1.40. The van der Waals surface area contributed by atoms with E-state index in [4.69, 9.17) is 14.2 Å². The molecule has 0 saturated carbocycles. The highest BCUT2D eigenvalue weighted by molar-refractivity contribution is 5.67. The summed E-state index contributed by atoms with van der Waals surface area (Å²) in [4.78, 5) is 11.4. The molecule has 0 radical (unpaired) electrons. The lowest BCUT2D eigenvalue weighted by atomic mass is 10.2. The first-order valence-electron chi connectivity index (χ1n) is 6.65. The molecule has 0 aliphatic rings. The lowest BCUT2D eigenvalue weighted by molar-refractivity contribution is 0.0525. The van der Waals surface area contributed by atoms with E-state index in [0.717, 1.165) is 0 Å². The van der Waals surface area contributed by atoms with Crippen molar-refractivity contribution in [2.24, 2.45) is 0 Å². The van der Waals surface area contributed by atoms with Crippen molar-refractivity contribution in [2.75, 3.05) is 20.3 Å². The highest BCUT2D eigenvalue weighted by Crippen LogP contribution is 2.25. The Bertz CT molecular complexity index is 426. The number of methoxy groups -OCH3 is 1. The number of rotatable bonds is 6. The van der Waals surface area contributed by atoms with Gasteiger partial charge in [-0.25, -0.2) is 4.79 Å². The lowest BCUT2D eigenvalue weighted by Gasteiger charge is -2.19. The number of ether oxygens (including phenoxy) is 3. The fourth-order valence-electron chi connectivity index (χ4n) is 1.50. The summed E-state index contributed by atoms with van der Waals surface area (Å²) in [6.45, 7) is 6.49. The van der Waals surface area contributed by atoms with Gasteiger partial charge in [-0.15, -0.1) is 0 Å². The number of carbonyl (C=O) groups excluding carboxylic acids is 1. The van der Waals surface area contributed by atoms with E-state index < -0.39 is 11.7 Å². The van der Waals surface area contributed by atoms with Crippen LogP contribution in [0, 0.1) is 0 Å². The lowest BCUT2D eigenvalue weighted by Crippen LogP contribution is -2.33. The van der Waals surface area contributed by atoms with Gasteiger partial charge in [-0.1, -0.05) is 12.1 Å². The molecule has 1 amide bonds. The number of benzene rings is 1. The van der Waals surface area contributed by atoms with Crippen LogP contribution in [0.1, 0.15) is 27.2 Å². The zero-order valence-electron chi connectivity index (χ0n) is 12.6. The van der Waals surface area contributed by atoms with E-state index >= 15 is 0 Å². The van der Waals surface area contributed by atoms with Crippen LogP contribution in [0.3, 0.4) is 0 Å².